The molecule has 8 heteroatoms. The number of aromatic nitrogens is 2. The van der Waals surface area contributed by atoms with Gasteiger partial charge in [-0.25, -0.2) is 9.80 Å². The zero-order valence-corrected chi connectivity index (χ0v) is 18.4. The Morgan fingerprint density at radius 1 is 0.583 bits per heavy atom. The van der Waals surface area contributed by atoms with E-state index in [-0.39, 0.29) is 60.0 Å². The minimum atomic E-state index is -0.0365. The van der Waals surface area contributed by atoms with Crippen LogP contribution in [-0.4, -0.2) is 50.1 Å². The Labute approximate surface area is 177 Å². The fourth-order valence-electron chi connectivity index (χ4n) is 1.51. The minimum Gasteiger partial charge on any atom is -1.00 e. The van der Waals surface area contributed by atoms with Crippen LogP contribution < -0.4 is 57.1 Å². The van der Waals surface area contributed by atoms with Crippen molar-refractivity contribution in [3.63, 3.8) is 0 Å². The van der Waals surface area contributed by atoms with E-state index in [4.69, 9.17) is 0 Å². The fraction of sp³-hybridized carbons (Fsp3) is 0.250. The highest BCUT2D eigenvalue weighted by Gasteiger charge is 2.14. The molecule has 0 bridgehead atoms. The zero-order valence-electron chi connectivity index (χ0n) is 14.1. The number of carbonyl (C=O) groups is 2. The standard InChI is InChI=1S/2C8H11N2O.2HI/c2*1-9(2)8(11)10-6-4-3-5-7-10;;/h2*3-7H,1-2H3;2*1H/q2*+1;;/p-2. The fourth-order valence-corrected chi connectivity index (χ4v) is 1.51. The molecule has 2 rings (SSSR count). The van der Waals surface area contributed by atoms with Crippen LogP contribution in [0.4, 0.5) is 9.59 Å². The van der Waals surface area contributed by atoms with E-state index in [1.165, 1.54) is 18.9 Å². The molecule has 0 fully saturated rings. The van der Waals surface area contributed by atoms with E-state index >= 15 is 0 Å². The molecular formula is C16H22I2N4O2. The third-order valence-corrected chi connectivity index (χ3v) is 2.64. The van der Waals surface area contributed by atoms with Gasteiger partial charge in [0.15, 0.2) is 0 Å². The van der Waals surface area contributed by atoms with E-state index in [0.717, 1.165) is 0 Å². The Morgan fingerprint density at radius 3 is 1.04 bits per heavy atom. The second-order valence-corrected chi connectivity index (χ2v) is 4.92. The molecular weight excluding hydrogens is 534 g/mol. The van der Waals surface area contributed by atoms with E-state index in [9.17, 15) is 9.59 Å². The molecule has 132 valence electrons. The Kier molecular flexibility index (Phi) is 13.6. The molecule has 0 atom stereocenters. The number of hydrogen-bond donors (Lipinski definition) is 0. The number of pyridine rings is 2. The molecule has 0 saturated heterocycles. The van der Waals surface area contributed by atoms with Gasteiger partial charge in [0.1, 0.15) is 0 Å². The normalized spacial score (nSPS) is 8.50. The molecule has 0 unspecified atom stereocenters. The molecule has 2 heterocycles. The second kappa shape index (κ2) is 13.0. The highest BCUT2D eigenvalue weighted by Crippen LogP contribution is 1.81. The minimum absolute atomic E-state index is 0. The molecule has 0 spiro atoms. The Balaban J connectivity index is 0. The molecule has 0 aliphatic rings. The Hall–Kier alpha value is -1.30. The molecule has 2 amide bonds. The molecule has 0 aliphatic heterocycles. The lowest BCUT2D eigenvalue weighted by Crippen LogP contribution is -3.00. The van der Waals surface area contributed by atoms with Crippen molar-refractivity contribution in [2.75, 3.05) is 28.2 Å². The lowest BCUT2D eigenvalue weighted by molar-refractivity contribution is -0.577. The van der Waals surface area contributed by atoms with Crippen LogP contribution in [-0.2, 0) is 0 Å². The van der Waals surface area contributed by atoms with Gasteiger partial charge >= 0.3 is 12.1 Å². The maximum Gasteiger partial charge on any atom is 0.497 e. The molecule has 2 aromatic rings. The summed E-state index contributed by atoms with van der Waals surface area (Å²) in [7, 11) is 6.90. The SMILES string of the molecule is CN(C)C(=O)[n+]1ccccc1.CN(C)C(=O)[n+]1ccccc1.[I-].[I-]. The molecule has 0 N–H and O–H groups in total. The van der Waals surface area contributed by atoms with Crippen molar-refractivity contribution < 1.29 is 66.7 Å². The number of amides is 2. The van der Waals surface area contributed by atoms with Crippen LogP contribution in [0.2, 0.25) is 0 Å². The maximum atomic E-state index is 11.2. The molecule has 24 heavy (non-hydrogen) atoms. The van der Waals surface area contributed by atoms with Crippen molar-refractivity contribution in [3.05, 3.63) is 61.2 Å². The second-order valence-electron chi connectivity index (χ2n) is 4.92. The van der Waals surface area contributed by atoms with Gasteiger partial charge in [0.25, 0.3) is 0 Å². The van der Waals surface area contributed by atoms with Crippen LogP contribution in [0.25, 0.3) is 0 Å². The van der Waals surface area contributed by atoms with Crippen molar-refractivity contribution in [2.24, 2.45) is 0 Å². The van der Waals surface area contributed by atoms with E-state index in [2.05, 4.69) is 0 Å². The van der Waals surface area contributed by atoms with E-state index in [1.54, 1.807) is 53.0 Å². The Bertz CT molecular complexity index is 552. The highest BCUT2D eigenvalue weighted by molar-refractivity contribution is 5.63. The van der Waals surface area contributed by atoms with Gasteiger partial charge in [-0.15, -0.1) is 0 Å². The van der Waals surface area contributed by atoms with E-state index in [1.807, 2.05) is 36.4 Å². The first-order valence-corrected chi connectivity index (χ1v) is 6.79. The lowest BCUT2D eigenvalue weighted by atomic mass is 10.5. The van der Waals surface area contributed by atoms with Gasteiger partial charge in [0.2, 0.25) is 0 Å². The quantitative estimate of drug-likeness (QED) is 0.242. The average molecular weight is 556 g/mol. The van der Waals surface area contributed by atoms with Crippen molar-refractivity contribution >= 4 is 12.1 Å². The van der Waals surface area contributed by atoms with Gasteiger partial charge < -0.3 is 48.0 Å². The summed E-state index contributed by atoms with van der Waals surface area (Å²) < 4.78 is 3.06. The highest BCUT2D eigenvalue weighted by atomic mass is 127. The summed E-state index contributed by atoms with van der Waals surface area (Å²) in [6, 6.07) is 11.0. The van der Waals surface area contributed by atoms with Crippen LogP contribution in [0.3, 0.4) is 0 Å². The average Bonchev–Trinajstić information content (AvgIpc) is 2.55. The summed E-state index contributed by atoms with van der Waals surface area (Å²) in [5, 5.41) is 0. The van der Waals surface area contributed by atoms with Crippen LogP contribution in [0, 0.1) is 0 Å². The molecule has 2 aromatic heterocycles. The third kappa shape index (κ3) is 8.52. The van der Waals surface area contributed by atoms with Crippen LogP contribution >= 0.6 is 0 Å². The first kappa shape index (κ1) is 24.9. The van der Waals surface area contributed by atoms with Gasteiger partial charge in [-0.05, 0) is 24.3 Å². The van der Waals surface area contributed by atoms with Crippen molar-refractivity contribution in [1.29, 1.82) is 0 Å². The summed E-state index contributed by atoms with van der Waals surface area (Å²) in [6.07, 6.45) is 6.90. The largest absolute Gasteiger partial charge is 1.00 e. The summed E-state index contributed by atoms with van der Waals surface area (Å²) in [5.41, 5.74) is 0. The number of rotatable bonds is 0. The molecule has 6 nitrogen and oxygen atoms in total. The zero-order chi connectivity index (χ0) is 16.5. The van der Waals surface area contributed by atoms with Crippen molar-refractivity contribution in [2.45, 2.75) is 0 Å². The topological polar surface area (TPSA) is 48.4 Å². The Morgan fingerprint density at radius 2 is 0.833 bits per heavy atom. The lowest BCUT2D eigenvalue weighted by Gasteiger charge is -2.01. The number of hydrogen-bond acceptors (Lipinski definition) is 2. The van der Waals surface area contributed by atoms with Crippen LogP contribution in [0.15, 0.2) is 61.2 Å². The maximum absolute atomic E-state index is 11.2. The number of halogens is 2. The van der Waals surface area contributed by atoms with Crippen LogP contribution in [0.1, 0.15) is 0 Å². The summed E-state index contributed by atoms with van der Waals surface area (Å²) in [5.74, 6) is 0. The molecule has 0 saturated carbocycles. The predicted molar refractivity (Wildman–Crippen MR) is 82.2 cm³/mol. The van der Waals surface area contributed by atoms with Gasteiger partial charge in [0.05, 0.1) is 53.0 Å². The molecule has 0 aromatic carbocycles. The number of nitrogens with zero attached hydrogens (tertiary/aromatic N) is 4. The third-order valence-electron chi connectivity index (χ3n) is 2.64. The summed E-state index contributed by atoms with van der Waals surface area (Å²) in [4.78, 5) is 25.5. The molecule has 0 radical (unpaired) electrons. The van der Waals surface area contributed by atoms with Gasteiger partial charge in [-0.2, -0.15) is 18.7 Å². The molecule has 0 aliphatic carbocycles. The van der Waals surface area contributed by atoms with E-state index < -0.39 is 0 Å². The summed E-state index contributed by atoms with van der Waals surface area (Å²) in [6.45, 7) is 0. The first-order valence-electron chi connectivity index (χ1n) is 6.79. The van der Waals surface area contributed by atoms with Gasteiger partial charge in [-0.3, -0.25) is 0 Å². The van der Waals surface area contributed by atoms with Crippen molar-refractivity contribution in [1.82, 2.24) is 9.80 Å². The predicted octanol–water partition coefficient (Wildman–Crippen LogP) is -4.98. The van der Waals surface area contributed by atoms with Crippen molar-refractivity contribution in [3.8, 4) is 0 Å². The number of carbonyl (C=O) groups excluding carboxylic acids is 2. The van der Waals surface area contributed by atoms with Crippen LogP contribution in [0.5, 0.6) is 0 Å². The first-order chi connectivity index (χ1) is 10.4. The summed E-state index contributed by atoms with van der Waals surface area (Å²) >= 11 is 0. The smallest absolute Gasteiger partial charge is 0.497 e. The van der Waals surface area contributed by atoms with E-state index in [0.29, 0.717) is 0 Å². The van der Waals surface area contributed by atoms with Gasteiger partial charge in [-0.1, -0.05) is 12.1 Å². The monoisotopic (exact) mass is 556 g/mol. The van der Waals surface area contributed by atoms with Gasteiger partial charge in [0, 0.05) is 0 Å².